The predicted molar refractivity (Wildman–Crippen MR) is 76.7 cm³/mol. The standard InChI is InChI=1S/C15H22N2O2/c1-4-19-13-8-6-5-7-12(13)17-14(18)11-16-10-9-15(17,2)3/h5-8,16H,4,9-11H2,1-3H3. The van der Waals surface area contributed by atoms with Gasteiger partial charge in [0.05, 0.1) is 18.8 Å². The van der Waals surface area contributed by atoms with Crippen LogP contribution in [0.5, 0.6) is 5.75 Å². The van der Waals surface area contributed by atoms with Gasteiger partial charge in [0.1, 0.15) is 5.75 Å². The highest BCUT2D eigenvalue weighted by Gasteiger charge is 2.35. The number of carbonyl (C=O) groups is 1. The maximum Gasteiger partial charge on any atom is 0.241 e. The molecule has 4 nitrogen and oxygen atoms in total. The van der Waals surface area contributed by atoms with Crippen LogP contribution in [0.25, 0.3) is 0 Å². The Morgan fingerprint density at radius 3 is 2.84 bits per heavy atom. The second-order valence-electron chi connectivity index (χ2n) is 5.37. The SMILES string of the molecule is CCOc1ccccc1N1C(=O)CNCCC1(C)C. The minimum absolute atomic E-state index is 0.0923. The summed E-state index contributed by atoms with van der Waals surface area (Å²) in [4.78, 5) is 14.3. The molecule has 0 aromatic heterocycles. The lowest BCUT2D eigenvalue weighted by molar-refractivity contribution is -0.118. The van der Waals surface area contributed by atoms with Crippen LogP contribution in [-0.2, 0) is 4.79 Å². The Morgan fingerprint density at radius 2 is 2.11 bits per heavy atom. The van der Waals surface area contributed by atoms with Gasteiger partial charge in [-0.1, -0.05) is 12.1 Å². The molecule has 4 heteroatoms. The number of nitrogens with zero attached hydrogens (tertiary/aromatic N) is 1. The van der Waals surface area contributed by atoms with Gasteiger partial charge < -0.3 is 15.0 Å². The van der Waals surface area contributed by atoms with Crippen LogP contribution in [-0.4, -0.2) is 31.1 Å². The first-order valence-corrected chi connectivity index (χ1v) is 6.82. The number of nitrogens with one attached hydrogen (secondary N) is 1. The Hall–Kier alpha value is -1.55. The predicted octanol–water partition coefficient (Wildman–Crippen LogP) is 2.19. The number of carbonyl (C=O) groups excluding carboxylic acids is 1. The molecule has 1 heterocycles. The van der Waals surface area contributed by atoms with Crippen molar-refractivity contribution in [1.29, 1.82) is 0 Å². The molecule has 1 N–H and O–H groups in total. The normalized spacial score (nSPS) is 19.1. The van der Waals surface area contributed by atoms with E-state index in [0.717, 1.165) is 24.4 Å². The van der Waals surface area contributed by atoms with Gasteiger partial charge in [0, 0.05) is 5.54 Å². The fraction of sp³-hybridized carbons (Fsp3) is 0.533. The summed E-state index contributed by atoms with van der Waals surface area (Å²) >= 11 is 0. The molecule has 104 valence electrons. The van der Waals surface area contributed by atoms with Gasteiger partial charge in [-0.25, -0.2) is 0 Å². The second kappa shape index (κ2) is 5.61. The second-order valence-corrected chi connectivity index (χ2v) is 5.37. The van der Waals surface area contributed by atoms with Gasteiger partial charge in [0.25, 0.3) is 0 Å². The van der Waals surface area contributed by atoms with Gasteiger partial charge in [-0.3, -0.25) is 4.79 Å². The number of hydrogen-bond acceptors (Lipinski definition) is 3. The zero-order chi connectivity index (χ0) is 13.9. The van der Waals surface area contributed by atoms with Crippen molar-refractivity contribution in [3.05, 3.63) is 24.3 Å². The van der Waals surface area contributed by atoms with E-state index in [1.807, 2.05) is 36.1 Å². The third-order valence-corrected chi connectivity index (χ3v) is 3.45. The van der Waals surface area contributed by atoms with Gasteiger partial charge in [0.2, 0.25) is 5.91 Å². The smallest absolute Gasteiger partial charge is 0.241 e. The maximum atomic E-state index is 12.4. The van der Waals surface area contributed by atoms with Gasteiger partial charge in [-0.15, -0.1) is 0 Å². The van der Waals surface area contributed by atoms with E-state index in [1.165, 1.54) is 0 Å². The van der Waals surface area contributed by atoms with Crippen molar-refractivity contribution >= 4 is 11.6 Å². The van der Waals surface area contributed by atoms with Gasteiger partial charge in [-0.2, -0.15) is 0 Å². The van der Waals surface area contributed by atoms with Gasteiger partial charge in [-0.05, 0) is 45.9 Å². The van der Waals surface area contributed by atoms with E-state index >= 15 is 0 Å². The largest absolute Gasteiger partial charge is 0.492 e. The van der Waals surface area contributed by atoms with Crippen molar-refractivity contribution in [1.82, 2.24) is 5.32 Å². The van der Waals surface area contributed by atoms with Crippen molar-refractivity contribution in [2.75, 3.05) is 24.6 Å². The number of hydrogen-bond donors (Lipinski definition) is 1. The van der Waals surface area contributed by atoms with Crippen molar-refractivity contribution in [3.8, 4) is 5.75 Å². The monoisotopic (exact) mass is 262 g/mol. The highest BCUT2D eigenvalue weighted by Crippen LogP contribution is 2.35. The van der Waals surface area contributed by atoms with Crippen LogP contribution >= 0.6 is 0 Å². The van der Waals surface area contributed by atoms with Crippen molar-refractivity contribution < 1.29 is 9.53 Å². The molecule has 1 aromatic carbocycles. The number of rotatable bonds is 3. The van der Waals surface area contributed by atoms with E-state index in [0.29, 0.717) is 13.2 Å². The Kier molecular flexibility index (Phi) is 4.10. The molecule has 1 fully saturated rings. The average molecular weight is 262 g/mol. The molecule has 1 aromatic rings. The molecule has 1 aliphatic rings. The summed E-state index contributed by atoms with van der Waals surface area (Å²) in [7, 11) is 0. The Labute approximate surface area is 114 Å². The summed E-state index contributed by atoms with van der Waals surface area (Å²) in [5, 5.41) is 3.17. The minimum Gasteiger partial charge on any atom is -0.492 e. The molecule has 1 aliphatic heterocycles. The number of ether oxygens (including phenoxy) is 1. The van der Waals surface area contributed by atoms with E-state index in [-0.39, 0.29) is 11.4 Å². The van der Waals surface area contributed by atoms with Crippen molar-refractivity contribution in [3.63, 3.8) is 0 Å². The molecule has 0 unspecified atom stereocenters. The Balaban J connectivity index is 2.44. The van der Waals surface area contributed by atoms with Crippen LogP contribution in [0.3, 0.4) is 0 Å². The van der Waals surface area contributed by atoms with Crippen LogP contribution in [0.1, 0.15) is 27.2 Å². The highest BCUT2D eigenvalue weighted by atomic mass is 16.5. The quantitative estimate of drug-likeness (QED) is 0.908. The molecular formula is C15H22N2O2. The molecule has 19 heavy (non-hydrogen) atoms. The average Bonchev–Trinajstić information content (AvgIpc) is 2.49. The Morgan fingerprint density at radius 1 is 1.37 bits per heavy atom. The van der Waals surface area contributed by atoms with E-state index in [1.54, 1.807) is 0 Å². The van der Waals surface area contributed by atoms with E-state index in [9.17, 15) is 4.79 Å². The minimum atomic E-state index is -0.214. The lowest BCUT2D eigenvalue weighted by Crippen LogP contribution is -2.48. The van der Waals surface area contributed by atoms with Crippen LogP contribution in [0.15, 0.2) is 24.3 Å². The molecule has 1 amide bonds. The van der Waals surface area contributed by atoms with Gasteiger partial charge >= 0.3 is 0 Å². The first-order chi connectivity index (χ1) is 9.06. The molecule has 0 radical (unpaired) electrons. The van der Waals surface area contributed by atoms with Crippen LogP contribution in [0.2, 0.25) is 0 Å². The molecule has 2 rings (SSSR count). The summed E-state index contributed by atoms with van der Waals surface area (Å²) < 4.78 is 5.66. The van der Waals surface area contributed by atoms with E-state index in [4.69, 9.17) is 4.74 Å². The summed E-state index contributed by atoms with van der Waals surface area (Å²) in [5.74, 6) is 0.864. The first-order valence-electron chi connectivity index (χ1n) is 6.82. The summed E-state index contributed by atoms with van der Waals surface area (Å²) in [6.45, 7) is 7.97. The fourth-order valence-corrected chi connectivity index (χ4v) is 2.50. The van der Waals surface area contributed by atoms with Crippen LogP contribution in [0.4, 0.5) is 5.69 Å². The highest BCUT2D eigenvalue weighted by molar-refractivity contribution is 5.97. The molecular weight excluding hydrogens is 240 g/mol. The first kappa shape index (κ1) is 13.9. The van der Waals surface area contributed by atoms with Gasteiger partial charge in [0.15, 0.2) is 0 Å². The third kappa shape index (κ3) is 2.89. The third-order valence-electron chi connectivity index (χ3n) is 3.45. The maximum absolute atomic E-state index is 12.4. The molecule has 0 atom stereocenters. The molecule has 0 aliphatic carbocycles. The Bertz CT molecular complexity index is 457. The molecule has 0 saturated carbocycles. The number of benzene rings is 1. The van der Waals surface area contributed by atoms with Crippen molar-refractivity contribution in [2.45, 2.75) is 32.7 Å². The number of para-hydroxylation sites is 2. The molecule has 1 saturated heterocycles. The number of amides is 1. The fourth-order valence-electron chi connectivity index (χ4n) is 2.50. The van der Waals surface area contributed by atoms with Crippen molar-refractivity contribution in [2.24, 2.45) is 0 Å². The van der Waals surface area contributed by atoms with E-state index < -0.39 is 0 Å². The lowest BCUT2D eigenvalue weighted by atomic mass is 9.97. The van der Waals surface area contributed by atoms with Crippen LogP contribution < -0.4 is 15.0 Å². The lowest BCUT2D eigenvalue weighted by Gasteiger charge is -2.37. The zero-order valence-electron chi connectivity index (χ0n) is 11.9. The summed E-state index contributed by atoms with van der Waals surface area (Å²) in [6.07, 6.45) is 0.916. The zero-order valence-corrected chi connectivity index (χ0v) is 11.9. The molecule has 0 spiro atoms. The summed E-state index contributed by atoms with van der Waals surface area (Å²) in [6, 6.07) is 7.75. The topological polar surface area (TPSA) is 41.6 Å². The molecule has 0 bridgehead atoms. The van der Waals surface area contributed by atoms with E-state index in [2.05, 4.69) is 19.2 Å². The number of anilines is 1. The van der Waals surface area contributed by atoms with Crippen LogP contribution in [0, 0.1) is 0 Å². The summed E-state index contributed by atoms with van der Waals surface area (Å²) in [5.41, 5.74) is 0.649.